The first kappa shape index (κ1) is 16.9. The van der Waals surface area contributed by atoms with Gasteiger partial charge in [0.25, 0.3) is 0 Å². The summed E-state index contributed by atoms with van der Waals surface area (Å²) in [6, 6.07) is 1.26. The second kappa shape index (κ2) is 6.76. The molecule has 22 heavy (non-hydrogen) atoms. The molecule has 2 heterocycles. The molecule has 0 radical (unpaired) electrons. The van der Waals surface area contributed by atoms with E-state index in [2.05, 4.69) is 14.7 Å². The zero-order valence-electron chi connectivity index (χ0n) is 12.2. The molecule has 1 fully saturated rings. The number of esters is 1. The van der Waals surface area contributed by atoms with Crippen LogP contribution in [0.3, 0.4) is 0 Å². The van der Waals surface area contributed by atoms with Gasteiger partial charge in [0.1, 0.15) is 5.15 Å². The minimum Gasteiger partial charge on any atom is -0.468 e. The Morgan fingerprint density at radius 1 is 1.41 bits per heavy atom. The molecule has 1 saturated heterocycles. The number of anilines is 1. The van der Waals surface area contributed by atoms with Gasteiger partial charge in [-0.2, -0.15) is 0 Å². The van der Waals surface area contributed by atoms with Crippen LogP contribution in [-0.4, -0.2) is 64.0 Å². The molecule has 2 rings (SSSR count). The van der Waals surface area contributed by atoms with E-state index in [-0.39, 0.29) is 16.8 Å². The summed E-state index contributed by atoms with van der Waals surface area (Å²) < 4.78 is 33.6. The van der Waals surface area contributed by atoms with Crippen molar-refractivity contribution in [2.75, 3.05) is 44.6 Å². The summed E-state index contributed by atoms with van der Waals surface area (Å²) in [7, 11) is -2.64. The number of hydrogen-bond donors (Lipinski definition) is 0. The normalized spacial score (nSPS) is 17.1. The molecule has 1 aliphatic rings. The number of aromatic nitrogens is 2. The maximum atomic E-state index is 11.9. The molecule has 1 aromatic heterocycles. The minimum atomic E-state index is -3.76. The fourth-order valence-corrected chi connectivity index (χ4v) is 3.28. The van der Waals surface area contributed by atoms with Crippen molar-refractivity contribution in [1.29, 1.82) is 0 Å². The lowest BCUT2D eigenvalue weighted by molar-refractivity contribution is -0.140. The number of sulfone groups is 1. The molecule has 10 heteroatoms. The molecule has 1 aromatic rings. The second-order valence-electron chi connectivity index (χ2n) is 4.75. The average Bonchev–Trinajstić information content (AvgIpc) is 2.46. The van der Waals surface area contributed by atoms with Crippen LogP contribution in [0.4, 0.5) is 5.95 Å². The van der Waals surface area contributed by atoms with Crippen LogP contribution in [0.1, 0.15) is 10.9 Å². The third-order valence-corrected chi connectivity index (χ3v) is 4.59. The molecule has 0 aromatic carbocycles. The molecule has 1 aliphatic heterocycles. The van der Waals surface area contributed by atoms with Gasteiger partial charge in [0, 0.05) is 19.3 Å². The van der Waals surface area contributed by atoms with E-state index in [4.69, 9.17) is 16.3 Å². The Morgan fingerprint density at radius 3 is 2.59 bits per heavy atom. The third kappa shape index (κ3) is 3.84. The van der Waals surface area contributed by atoms with Gasteiger partial charge in [-0.3, -0.25) is 4.79 Å². The largest absolute Gasteiger partial charge is 0.468 e. The predicted octanol–water partition coefficient (Wildman–Crippen LogP) is 0.225. The fourth-order valence-electron chi connectivity index (χ4n) is 2.08. The molecule has 0 saturated carbocycles. The van der Waals surface area contributed by atoms with Crippen molar-refractivity contribution in [3.05, 3.63) is 16.9 Å². The van der Waals surface area contributed by atoms with Gasteiger partial charge in [0.05, 0.1) is 26.0 Å². The number of carbonyl (C=O) groups is 1. The smallest absolute Gasteiger partial charge is 0.330 e. The lowest BCUT2D eigenvalue weighted by Crippen LogP contribution is -2.37. The maximum absolute atomic E-state index is 11.9. The van der Waals surface area contributed by atoms with Crippen LogP contribution in [0.2, 0.25) is 5.15 Å². The van der Waals surface area contributed by atoms with Gasteiger partial charge in [-0.05, 0) is 6.07 Å². The first-order valence-electron chi connectivity index (χ1n) is 6.47. The molecule has 0 spiro atoms. The topological polar surface area (TPSA) is 98.7 Å². The molecule has 1 unspecified atom stereocenters. The zero-order valence-corrected chi connectivity index (χ0v) is 13.7. The van der Waals surface area contributed by atoms with Crippen LogP contribution in [0.25, 0.3) is 0 Å². The number of nitrogens with zero attached hydrogens (tertiary/aromatic N) is 3. The minimum absolute atomic E-state index is 0.00385. The van der Waals surface area contributed by atoms with Crippen LogP contribution in [-0.2, 0) is 24.1 Å². The number of ether oxygens (including phenoxy) is 2. The van der Waals surface area contributed by atoms with Gasteiger partial charge in [-0.25, -0.2) is 18.4 Å². The summed E-state index contributed by atoms with van der Waals surface area (Å²) in [6.45, 7) is 2.14. The Hall–Kier alpha value is -1.45. The summed E-state index contributed by atoms with van der Waals surface area (Å²) in [5.74, 6) is -0.645. The molecule has 0 N–H and O–H groups in total. The Morgan fingerprint density at radius 2 is 2.05 bits per heavy atom. The highest BCUT2D eigenvalue weighted by atomic mass is 35.5. The second-order valence-corrected chi connectivity index (χ2v) is 7.27. The van der Waals surface area contributed by atoms with Crippen LogP contribution in [0.15, 0.2) is 6.07 Å². The van der Waals surface area contributed by atoms with E-state index in [1.807, 2.05) is 4.90 Å². The monoisotopic (exact) mass is 349 g/mol. The lowest BCUT2D eigenvalue weighted by Gasteiger charge is -2.27. The number of carbonyl (C=O) groups excluding carboxylic acids is 1. The van der Waals surface area contributed by atoms with E-state index in [9.17, 15) is 13.2 Å². The van der Waals surface area contributed by atoms with Crippen molar-refractivity contribution in [2.45, 2.75) is 5.25 Å². The molecule has 122 valence electrons. The first-order chi connectivity index (χ1) is 10.3. The number of rotatable bonds is 4. The summed E-state index contributed by atoms with van der Waals surface area (Å²) >= 11 is 5.96. The van der Waals surface area contributed by atoms with Crippen LogP contribution in [0, 0.1) is 0 Å². The van der Waals surface area contributed by atoms with Crippen LogP contribution >= 0.6 is 11.6 Å². The van der Waals surface area contributed by atoms with Crippen molar-refractivity contribution in [3.63, 3.8) is 0 Å². The van der Waals surface area contributed by atoms with Crippen LogP contribution < -0.4 is 4.90 Å². The number of morpholine rings is 1. The van der Waals surface area contributed by atoms with E-state index in [0.717, 1.165) is 13.4 Å². The van der Waals surface area contributed by atoms with Crippen molar-refractivity contribution in [1.82, 2.24) is 9.97 Å². The highest BCUT2D eigenvalue weighted by Crippen LogP contribution is 2.25. The van der Waals surface area contributed by atoms with E-state index >= 15 is 0 Å². The van der Waals surface area contributed by atoms with Crippen LogP contribution in [0.5, 0.6) is 0 Å². The Kier molecular flexibility index (Phi) is 5.20. The Labute approximate surface area is 133 Å². The summed E-state index contributed by atoms with van der Waals surface area (Å²) in [4.78, 5) is 21.9. The average molecular weight is 350 g/mol. The molecule has 8 nitrogen and oxygen atoms in total. The maximum Gasteiger partial charge on any atom is 0.330 e. The Balaban J connectivity index is 2.45. The number of halogens is 1. The van der Waals surface area contributed by atoms with Gasteiger partial charge in [0.2, 0.25) is 11.2 Å². The third-order valence-electron chi connectivity index (χ3n) is 3.11. The lowest BCUT2D eigenvalue weighted by atomic mass is 10.3. The summed E-state index contributed by atoms with van der Waals surface area (Å²) in [5.41, 5.74) is -0.00385. The predicted molar refractivity (Wildman–Crippen MR) is 79.7 cm³/mol. The van der Waals surface area contributed by atoms with Crippen molar-refractivity contribution >= 4 is 33.4 Å². The zero-order chi connectivity index (χ0) is 16.3. The van der Waals surface area contributed by atoms with Crippen molar-refractivity contribution < 1.29 is 22.7 Å². The molecular formula is C12H16ClN3O5S. The van der Waals surface area contributed by atoms with Crippen molar-refractivity contribution in [2.24, 2.45) is 0 Å². The van der Waals surface area contributed by atoms with Crippen molar-refractivity contribution in [3.8, 4) is 0 Å². The Bertz CT molecular complexity index is 661. The number of hydrogen-bond acceptors (Lipinski definition) is 8. The van der Waals surface area contributed by atoms with E-state index < -0.39 is 21.1 Å². The van der Waals surface area contributed by atoms with Gasteiger partial charge in [0.15, 0.2) is 9.84 Å². The van der Waals surface area contributed by atoms with Gasteiger partial charge in [-0.1, -0.05) is 11.6 Å². The van der Waals surface area contributed by atoms with E-state index in [1.165, 1.54) is 6.07 Å². The van der Waals surface area contributed by atoms with E-state index in [1.54, 1.807) is 0 Å². The van der Waals surface area contributed by atoms with E-state index in [0.29, 0.717) is 26.3 Å². The van der Waals surface area contributed by atoms with Gasteiger partial charge in [-0.15, -0.1) is 0 Å². The highest BCUT2D eigenvalue weighted by Gasteiger charge is 2.34. The first-order valence-corrected chi connectivity index (χ1v) is 8.80. The van der Waals surface area contributed by atoms with Gasteiger partial charge < -0.3 is 14.4 Å². The fraction of sp³-hybridized carbons (Fsp3) is 0.583. The number of methoxy groups -OCH3 is 1. The molecular weight excluding hydrogens is 334 g/mol. The summed E-state index contributed by atoms with van der Waals surface area (Å²) in [6.07, 6.45) is 0.943. The van der Waals surface area contributed by atoms with Gasteiger partial charge >= 0.3 is 5.97 Å². The standard InChI is InChI=1S/C12H16ClN3O5S/c1-20-11(17)10(22(2,18)19)8-7-9(13)15-12(14-8)16-3-5-21-6-4-16/h7,10H,3-6H2,1-2H3. The quantitative estimate of drug-likeness (QED) is 0.562. The molecule has 0 bridgehead atoms. The SMILES string of the molecule is COC(=O)C(c1cc(Cl)nc(N2CCOCC2)n1)S(C)(=O)=O. The molecule has 1 atom stereocenters. The summed E-state index contributed by atoms with van der Waals surface area (Å²) in [5, 5.41) is -1.47. The highest BCUT2D eigenvalue weighted by molar-refractivity contribution is 7.91. The molecule has 0 aliphatic carbocycles. The molecule has 0 amide bonds.